The van der Waals surface area contributed by atoms with E-state index in [-0.39, 0.29) is 0 Å². The van der Waals surface area contributed by atoms with Crippen LogP contribution >= 0.6 is 15.9 Å². The summed E-state index contributed by atoms with van der Waals surface area (Å²) in [4.78, 5) is 12.5. The summed E-state index contributed by atoms with van der Waals surface area (Å²) >= 11 is 2.64. The summed E-state index contributed by atoms with van der Waals surface area (Å²) in [6.07, 6.45) is -5.28. The lowest BCUT2D eigenvalue weighted by Gasteiger charge is -2.04. The average molecular weight is 244 g/mol. The third-order valence-corrected chi connectivity index (χ3v) is 1.05. The van der Waals surface area contributed by atoms with Gasteiger partial charge in [-0.15, -0.1) is 0 Å². The van der Waals surface area contributed by atoms with E-state index in [4.69, 9.17) is 0 Å². The lowest BCUT2D eigenvalue weighted by Crippen LogP contribution is -2.26. The highest BCUT2D eigenvalue weighted by Crippen LogP contribution is 2.17. The number of halogens is 4. The fraction of sp³-hybridized carbons (Fsp3) is 0.500. The van der Waals surface area contributed by atoms with E-state index in [1.54, 1.807) is 0 Å². The summed E-state index contributed by atoms with van der Waals surface area (Å²) in [5.41, 5.74) is 0. The fourth-order valence-corrected chi connectivity index (χ4v) is 0.585. The van der Waals surface area contributed by atoms with E-state index in [1.807, 2.05) is 11.2 Å². The molecule has 0 aromatic rings. The Kier molecular flexibility index (Phi) is 4.74. The van der Waals surface area contributed by atoms with Crippen LogP contribution in [0, 0.1) is 10.8 Å². The maximum Gasteiger partial charge on any atom is 0.390 e. The Morgan fingerprint density at radius 3 is 2.50 bits per heavy atom. The molecule has 0 heterocycles. The highest BCUT2D eigenvalue weighted by Gasteiger charge is 2.26. The van der Waals surface area contributed by atoms with Crippen molar-refractivity contribution in [2.45, 2.75) is 12.6 Å². The van der Waals surface area contributed by atoms with Crippen LogP contribution in [0.5, 0.6) is 0 Å². The summed E-state index contributed by atoms with van der Waals surface area (Å²) in [5, 5.41) is 1.98. The van der Waals surface area contributed by atoms with E-state index in [1.165, 1.54) is 0 Å². The molecule has 0 aliphatic heterocycles. The average Bonchev–Trinajstić information content (AvgIpc) is 1.84. The van der Waals surface area contributed by atoms with Gasteiger partial charge in [-0.25, -0.2) is 0 Å². The zero-order valence-electron chi connectivity index (χ0n) is 5.83. The van der Waals surface area contributed by atoms with Gasteiger partial charge in [-0.2, -0.15) is 13.2 Å². The summed E-state index contributed by atoms with van der Waals surface area (Å²) < 4.78 is 34.5. The third-order valence-electron chi connectivity index (χ3n) is 0.855. The highest BCUT2D eigenvalue weighted by atomic mass is 79.9. The van der Waals surface area contributed by atoms with Gasteiger partial charge in [0.15, 0.2) is 0 Å². The van der Waals surface area contributed by atoms with Crippen molar-refractivity contribution in [3.63, 3.8) is 0 Å². The largest absolute Gasteiger partial charge is 0.390 e. The van der Waals surface area contributed by atoms with Gasteiger partial charge in [0.05, 0.1) is 6.42 Å². The maximum atomic E-state index is 11.5. The monoisotopic (exact) mass is 243 g/mol. The third kappa shape index (κ3) is 7.41. The molecule has 1 N–H and O–H groups in total. The first-order valence-corrected chi connectivity index (χ1v) is 3.71. The van der Waals surface area contributed by atoms with Gasteiger partial charge < -0.3 is 5.32 Å². The molecule has 12 heavy (non-hydrogen) atoms. The van der Waals surface area contributed by atoms with E-state index in [0.717, 1.165) is 0 Å². The van der Waals surface area contributed by atoms with Crippen molar-refractivity contribution in [2.75, 3.05) is 6.54 Å². The lowest BCUT2D eigenvalue weighted by atomic mass is 10.4. The van der Waals surface area contributed by atoms with Crippen molar-refractivity contribution in [1.82, 2.24) is 5.32 Å². The summed E-state index contributed by atoms with van der Waals surface area (Å²) in [7, 11) is 0. The topological polar surface area (TPSA) is 29.1 Å². The van der Waals surface area contributed by atoms with Crippen molar-refractivity contribution in [2.24, 2.45) is 0 Å². The Morgan fingerprint density at radius 2 is 2.08 bits per heavy atom. The molecule has 0 spiro atoms. The van der Waals surface area contributed by atoms with Crippen LogP contribution in [0.1, 0.15) is 6.42 Å². The second-order valence-corrected chi connectivity index (χ2v) is 2.24. The Bertz CT molecular complexity index is 215. The van der Waals surface area contributed by atoms with Crippen LogP contribution in [0.3, 0.4) is 0 Å². The lowest BCUT2D eigenvalue weighted by molar-refractivity contribution is -0.134. The minimum Gasteiger partial charge on any atom is -0.345 e. The van der Waals surface area contributed by atoms with Crippen molar-refractivity contribution >= 4 is 21.8 Å². The molecule has 0 fully saturated rings. The first-order valence-electron chi connectivity index (χ1n) is 2.92. The number of rotatable bonds is 2. The minimum atomic E-state index is -4.24. The second-order valence-electron chi connectivity index (χ2n) is 1.84. The van der Waals surface area contributed by atoms with Crippen LogP contribution in [0.15, 0.2) is 0 Å². The number of amides is 1. The Labute approximate surface area is 75.6 Å². The number of carbonyl (C=O) groups excluding carboxylic acids is 1. The summed E-state index contributed by atoms with van der Waals surface area (Å²) in [6.45, 7) is -0.440. The smallest absolute Gasteiger partial charge is 0.345 e. The number of alkyl halides is 3. The van der Waals surface area contributed by atoms with E-state index in [9.17, 15) is 18.0 Å². The van der Waals surface area contributed by atoms with Gasteiger partial charge in [-0.3, -0.25) is 4.79 Å². The molecule has 0 radical (unpaired) electrons. The first kappa shape index (κ1) is 11.3. The fourth-order valence-electron chi connectivity index (χ4n) is 0.405. The predicted molar refractivity (Wildman–Crippen MR) is 40.4 cm³/mol. The van der Waals surface area contributed by atoms with Crippen LogP contribution in [0.2, 0.25) is 0 Å². The maximum absolute atomic E-state index is 11.5. The van der Waals surface area contributed by atoms with E-state index >= 15 is 0 Å². The minimum absolute atomic E-state index is 0.440. The predicted octanol–water partition coefficient (Wildman–Crippen LogP) is 1.41. The molecular formula is C6H5BrF3NO. The van der Waals surface area contributed by atoms with Crippen LogP contribution in [0.25, 0.3) is 0 Å². The van der Waals surface area contributed by atoms with Crippen molar-refractivity contribution in [3.8, 4) is 10.8 Å². The van der Waals surface area contributed by atoms with Gasteiger partial charge in [-0.1, -0.05) is 0 Å². The van der Waals surface area contributed by atoms with E-state index < -0.39 is 25.0 Å². The molecule has 0 rings (SSSR count). The number of carbonyl (C=O) groups is 1. The van der Waals surface area contributed by atoms with Crippen LogP contribution in [-0.2, 0) is 4.79 Å². The first-order chi connectivity index (χ1) is 5.45. The summed E-state index contributed by atoms with van der Waals surface area (Å²) in [6, 6.07) is 0. The van der Waals surface area contributed by atoms with Crippen LogP contribution in [-0.4, -0.2) is 18.6 Å². The molecule has 0 saturated carbocycles. The van der Waals surface area contributed by atoms with Gasteiger partial charge >= 0.3 is 6.18 Å². The molecular weight excluding hydrogens is 239 g/mol. The molecule has 0 aromatic carbocycles. The Morgan fingerprint density at radius 1 is 1.50 bits per heavy atom. The molecule has 2 nitrogen and oxygen atoms in total. The van der Waals surface area contributed by atoms with Crippen LogP contribution in [0.4, 0.5) is 13.2 Å². The zero-order chi connectivity index (χ0) is 9.61. The number of nitrogens with one attached hydrogen (secondary N) is 1. The van der Waals surface area contributed by atoms with Gasteiger partial charge in [0.25, 0.3) is 5.91 Å². The molecule has 6 heteroatoms. The normalized spacial score (nSPS) is 10.0. The van der Waals surface area contributed by atoms with Crippen LogP contribution < -0.4 is 5.32 Å². The Hall–Kier alpha value is -0.700. The van der Waals surface area contributed by atoms with Gasteiger partial charge in [0.1, 0.15) is 0 Å². The van der Waals surface area contributed by atoms with Crippen molar-refractivity contribution < 1.29 is 18.0 Å². The molecule has 0 aliphatic rings. The Balaban J connectivity index is 3.55. The SMILES string of the molecule is O=C(C#CBr)NCCC(F)(F)F. The quantitative estimate of drug-likeness (QED) is 0.731. The van der Waals surface area contributed by atoms with Gasteiger partial charge in [0, 0.05) is 28.4 Å². The highest BCUT2D eigenvalue weighted by molar-refractivity contribution is 9.12. The number of hydrogen-bond donors (Lipinski definition) is 1. The molecule has 0 aromatic heterocycles. The van der Waals surface area contributed by atoms with Gasteiger partial charge in [-0.05, 0) is 4.83 Å². The molecule has 0 saturated heterocycles. The molecule has 0 unspecified atom stereocenters. The number of hydrogen-bond acceptors (Lipinski definition) is 1. The summed E-state index contributed by atoms with van der Waals surface area (Å²) in [5.74, 6) is 1.26. The standard InChI is InChI=1S/C6H5BrF3NO/c7-3-1-5(12)11-4-2-6(8,9)10/h2,4H2,(H,11,12). The molecule has 1 amide bonds. The van der Waals surface area contributed by atoms with Crippen molar-refractivity contribution in [1.29, 1.82) is 0 Å². The van der Waals surface area contributed by atoms with Gasteiger partial charge in [0.2, 0.25) is 0 Å². The molecule has 0 bridgehead atoms. The van der Waals surface area contributed by atoms with Crippen molar-refractivity contribution in [3.05, 3.63) is 0 Å². The molecule has 68 valence electrons. The second kappa shape index (κ2) is 5.04. The zero-order valence-corrected chi connectivity index (χ0v) is 7.42. The van der Waals surface area contributed by atoms with E-state index in [0.29, 0.717) is 0 Å². The molecule has 0 aliphatic carbocycles. The van der Waals surface area contributed by atoms with E-state index in [2.05, 4.69) is 20.8 Å². The molecule has 0 atom stereocenters.